The number of thioether (sulfide) groups is 2. The van der Waals surface area contributed by atoms with Crippen molar-refractivity contribution in [1.29, 1.82) is 0 Å². The largest absolute Gasteiger partial charge is 0.494 e. The van der Waals surface area contributed by atoms with Crippen LogP contribution >= 0.6 is 23.5 Å². The Bertz CT molecular complexity index is 5220. The van der Waals surface area contributed by atoms with Crippen LogP contribution in [0.1, 0.15) is 171 Å². The van der Waals surface area contributed by atoms with E-state index in [9.17, 15) is 72.2 Å². The summed E-state index contributed by atoms with van der Waals surface area (Å²) in [5.41, 5.74) is 4.05. The second-order valence-corrected chi connectivity index (χ2v) is 39.7. The lowest BCUT2D eigenvalue weighted by Gasteiger charge is -2.43. The Morgan fingerprint density at radius 3 is 1.58 bits per heavy atom. The van der Waals surface area contributed by atoms with Gasteiger partial charge in [-0.25, -0.2) is 14.2 Å². The highest BCUT2D eigenvalue weighted by Gasteiger charge is 2.71. The van der Waals surface area contributed by atoms with E-state index in [1.54, 1.807) is 35.8 Å². The molecule has 0 radical (unpaired) electrons. The molecule has 12 amide bonds. The second-order valence-electron chi connectivity index (χ2n) is 36.5. The molecule has 3 aromatic carbocycles. The minimum absolute atomic E-state index is 0.00890. The van der Waals surface area contributed by atoms with Crippen molar-refractivity contribution in [3.05, 3.63) is 116 Å². The number of carbonyl (C=O) groups is 13. The van der Waals surface area contributed by atoms with Gasteiger partial charge in [-0.05, 0) is 115 Å². The Morgan fingerprint density at radius 1 is 0.656 bits per heavy atom. The lowest BCUT2D eigenvalue weighted by Crippen LogP contribution is -2.63. The van der Waals surface area contributed by atoms with Crippen LogP contribution < -0.4 is 52.8 Å². The average molecular weight is 1810 g/mol. The van der Waals surface area contributed by atoms with Crippen molar-refractivity contribution in [2.45, 2.75) is 233 Å². The summed E-state index contributed by atoms with van der Waals surface area (Å²) in [6.07, 6.45) is 2.45. The first-order chi connectivity index (χ1) is 60.8. The number of aliphatic hydroxyl groups is 1. The van der Waals surface area contributed by atoms with Crippen LogP contribution in [0, 0.1) is 5.82 Å². The van der Waals surface area contributed by atoms with Gasteiger partial charge in [-0.1, -0.05) is 38.1 Å². The lowest BCUT2D eigenvalue weighted by atomic mass is 9.86. The number of methoxy groups -OCH3 is 1. The number of cyclic esters (lactones) is 1. The van der Waals surface area contributed by atoms with Crippen LogP contribution in [0.5, 0.6) is 5.75 Å². The lowest BCUT2D eigenvalue weighted by molar-refractivity contribution is -0.929. The van der Waals surface area contributed by atoms with Gasteiger partial charge < -0.3 is 75.5 Å². The van der Waals surface area contributed by atoms with Crippen LogP contribution in [-0.4, -0.2) is 283 Å². The summed E-state index contributed by atoms with van der Waals surface area (Å²) in [5, 5.41) is 32.3. The summed E-state index contributed by atoms with van der Waals surface area (Å²) < 4.78 is 29.3. The monoisotopic (exact) mass is 1810 g/mol. The highest BCUT2D eigenvalue weighted by atomic mass is 32.2. The zero-order valence-electron chi connectivity index (χ0n) is 75.2. The Labute approximate surface area is 752 Å². The maximum absolute atomic E-state index is 15.5. The first-order valence-corrected chi connectivity index (χ1v) is 46.3. The molecule has 0 aliphatic carbocycles. The van der Waals surface area contributed by atoms with Gasteiger partial charge in [0.1, 0.15) is 43.9 Å². The predicted octanol–water partition coefficient (Wildman–Crippen LogP) is 4.55. The fourth-order valence-corrected chi connectivity index (χ4v) is 22.6. The molecule has 6 fully saturated rings. The van der Waals surface area contributed by atoms with Gasteiger partial charge in [0.25, 0.3) is 5.56 Å². The van der Waals surface area contributed by atoms with Crippen LogP contribution in [0.3, 0.4) is 0 Å². The SMILES string of the molecule is CCN1CCC([N+](C)(C)Cc2ccc(NC(=O)[C@H](C)NC(=O)CCCNC(=O)[C@H]3NC(=O)CCCN4C(=O)CC(SC5(C)N(C)C5(C)SC5CC(=O)N(CCCC(=O)N[C@@H]3C(=O)NCCCC(=O)N[C@@H](C)C(=O)Nc3ccc(C[N+](C)(C)C6CCN(Cc7c8c(nc9cc(F)c(OC)cc79)-c7cc9c(c(=O)n7C8)COC(=O)[C@]9(O)CC)CC6)cc3)C5=O)C4=O)cc2)CC1. The molecule has 5 unspecified atom stereocenters. The number of carbonyl (C=O) groups excluding carboxylic acids is 13. The molecular formula is C91H122FN17O17S2+2. The topological polar surface area (TPSA) is 408 Å². The maximum Gasteiger partial charge on any atom is 0.343 e. The number of quaternary nitrogens is 2. The number of benzene rings is 3. The summed E-state index contributed by atoms with van der Waals surface area (Å²) in [6, 6.07) is 14.8. The molecule has 5 aromatic rings. The van der Waals surface area contributed by atoms with Crippen molar-refractivity contribution < 1.29 is 90.3 Å². The van der Waals surface area contributed by atoms with Crippen molar-refractivity contribution in [2.24, 2.45) is 0 Å². The van der Waals surface area contributed by atoms with Crippen LogP contribution in [0.2, 0.25) is 0 Å². The van der Waals surface area contributed by atoms with Gasteiger partial charge in [-0.3, -0.25) is 81.9 Å². The van der Waals surface area contributed by atoms with E-state index in [1.165, 1.54) is 50.5 Å². The first-order valence-electron chi connectivity index (χ1n) is 44.5. The first kappa shape index (κ1) is 95.3. The third-order valence-electron chi connectivity index (χ3n) is 27.3. The number of amides is 12. The predicted molar refractivity (Wildman–Crippen MR) is 478 cm³/mol. The number of hydrogen-bond acceptors (Lipinski definition) is 23. The van der Waals surface area contributed by atoms with E-state index in [4.69, 9.17) is 14.5 Å². The van der Waals surface area contributed by atoms with Crippen LogP contribution in [0.15, 0.2) is 71.5 Å². The van der Waals surface area contributed by atoms with Gasteiger partial charge in [0.05, 0.1) is 96.6 Å². The normalized spacial score (nSPS) is 24.5. The van der Waals surface area contributed by atoms with E-state index >= 15 is 4.39 Å². The zero-order valence-corrected chi connectivity index (χ0v) is 76.8. The molecule has 8 aliphatic heterocycles. The quantitative estimate of drug-likeness (QED) is 0.0112. The number of rotatable bonds is 27. The number of halogens is 1. The van der Waals surface area contributed by atoms with Crippen molar-refractivity contribution in [3.8, 4) is 17.1 Å². The van der Waals surface area contributed by atoms with E-state index in [0.29, 0.717) is 57.3 Å². The minimum Gasteiger partial charge on any atom is -0.494 e. The Morgan fingerprint density at radius 2 is 1.12 bits per heavy atom. The molecule has 4 bridgehead atoms. The van der Waals surface area contributed by atoms with Crippen molar-refractivity contribution in [3.63, 3.8) is 0 Å². The van der Waals surface area contributed by atoms with E-state index < -0.39 is 138 Å². The van der Waals surface area contributed by atoms with E-state index in [-0.39, 0.29) is 133 Å². The molecule has 6 saturated heterocycles. The number of piperidine rings is 2. The summed E-state index contributed by atoms with van der Waals surface area (Å²) in [7, 11) is 12.1. The molecule has 9 N–H and O–H groups in total. The zero-order chi connectivity index (χ0) is 92.2. The number of hydrogen-bond donors (Lipinski definition) is 9. The minimum atomic E-state index is -2.02. The number of pyridine rings is 2. The van der Waals surface area contributed by atoms with Crippen molar-refractivity contribution in [2.75, 3.05) is 112 Å². The number of anilines is 2. The number of aromatic nitrogens is 2. The van der Waals surface area contributed by atoms with Crippen molar-refractivity contribution in [1.82, 2.24) is 66.0 Å². The third kappa shape index (κ3) is 20.8. The van der Waals surface area contributed by atoms with Gasteiger partial charge in [0.15, 0.2) is 17.2 Å². The van der Waals surface area contributed by atoms with E-state index in [0.717, 1.165) is 101 Å². The number of imide groups is 2. The molecule has 128 heavy (non-hydrogen) atoms. The van der Waals surface area contributed by atoms with Gasteiger partial charge in [0.2, 0.25) is 70.9 Å². The van der Waals surface area contributed by atoms with Gasteiger partial charge in [-0.15, -0.1) is 23.5 Å². The molecule has 2 aromatic heterocycles. The van der Waals surface area contributed by atoms with Crippen LogP contribution in [0.4, 0.5) is 15.8 Å². The number of likely N-dealkylation sites (tertiary alicyclic amines) is 2. The highest BCUT2D eigenvalue weighted by Crippen LogP contribution is 2.66. The fraction of sp³-hybridized carbons (Fsp3) is 0.571. The standard InChI is InChI=1S/C91H120FN17O17S2/c1-13-91(124)65-44-68-78-63(49-107(68)85(120)64(65)52-126-88(91)123)62(61-43-69(125-12)66(92)45-67(61)99-78)48-104-41-33-60(34-42-104)109(10,11)51-56-25-29-58(30-26-56)98-82(117)54(4)96-73(111)20-16-36-94-84(119)80-79(83(118)93-35-15-19-72(110)95-53(3)81(116)97-57-27-23-55(24-28-57)50-108(8,9)59-31-39-103(14-2)40-32-59)100-74(112)21-17-37-105-76(114)46-70(86(105)121)127-89(5)90(6,102(89)7)128-71-47-77(115)106(87(71)122)38-18-22-75(113)101-80/h23-30,43-45,53-54,59-60,70-71,79-80,124H,13-22,31-42,46-52H2,1-12H3,(H6-2,93,94,95,96,97,98,100,101,110,111,112,113,116,117,118,119)/p+2/t53-,54-,70?,71?,79-,80-,89?,90?,91-,102?/m0/s1. The Kier molecular flexibility index (Phi) is 29.5. The second kappa shape index (κ2) is 39.6. The number of nitrogens with one attached hydrogen (secondary N) is 8. The Hall–Kier alpha value is -10.3. The summed E-state index contributed by atoms with van der Waals surface area (Å²) in [6.45, 7) is 16.4. The molecule has 690 valence electrons. The van der Waals surface area contributed by atoms with Gasteiger partial charge in [-0.2, -0.15) is 0 Å². The molecule has 0 saturated carbocycles. The molecule has 10 atom stereocenters. The van der Waals surface area contributed by atoms with E-state index in [1.807, 2.05) is 62.2 Å². The Balaban J connectivity index is 0.607. The number of likely N-dealkylation sites (N-methyl/N-ethyl adjacent to an activating group) is 1. The highest BCUT2D eigenvalue weighted by molar-refractivity contribution is 8.07. The fourth-order valence-electron chi connectivity index (χ4n) is 18.9. The average Bonchev–Trinajstić information content (AvgIpc) is 1.52. The molecule has 0 spiro atoms. The number of ether oxygens (including phenoxy) is 2. The summed E-state index contributed by atoms with van der Waals surface area (Å²) in [4.78, 5) is 206. The van der Waals surface area contributed by atoms with Gasteiger partial charge in [0, 0.05) is 168 Å². The smallest absolute Gasteiger partial charge is 0.343 e. The number of nitrogens with zero attached hydrogens (tertiary/aromatic N) is 9. The molecule has 8 aliphatic rings. The summed E-state index contributed by atoms with van der Waals surface area (Å²) in [5.74, 6) is -8.79. The molecule has 13 rings (SSSR count). The molecular weight excluding hydrogens is 1690 g/mol. The van der Waals surface area contributed by atoms with Gasteiger partial charge >= 0.3 is 5.97 Å². The van der Waals surface area contributed by atoms with Crippen LogP contribution in [-0.2, 0) is 105 Å². The van der Waals surface area contributed by atoms with E-state index in [2.05, 4.69) is 87.4 Å². The maximum atomic E-state index is 15.5. The summed E-state index contributed by atoms with van der Waals surface area (Å²) >= 11 is 2.58. The van der Waals surface area contributed by atoms with Crippen molar-refractivity contribution >= 4 is 123 Å². The molecule has 34 nitrogen and oxygen atoms in total. The molecule has 37 heteroatoms. The molecule has 10 heterocycles. The number of fused-ring (bicyclic) bond motifs is 10. The number of esters is 1. The van der Waals surface area contributed by atoms with Crippen LogP contribution in [0.25, 0.3) is 22.3 Å². The third-order valence-corrected chi connectivity index (χ3v) is 31.0.